The Bertz CT molecular complexity index is 2150. The molecule has 18 nitrogen and oxygen atoms in total. The van der Waals surface area contributed by atoms with E-state index < -0.39 is 87.5 Å². The standard InChI is InChI=1S/C84H157N2O16P/c1-7-13-19-25-31-34-40-43-49-57-71(97-78(90)60-52-46-37-28-22-16-10-4)66-76(88)85-82-74(64-63-70-56-55-65-86(70)77(89)67-72(58-50-44-41-35-32-26-20-14-8-2)98-79(91)61-53-47-38-29-23-17-11-5)100-75(69-87)83(102-103(94,95)96)84(82)101-81(93)68-73(59-51-45-42-36-33-27-21-15-9-3)99-80(92)62-54-48-39-30-24-18-12-6/h70-75,82-84,87H,7-69H2,1-6H3,(H,85,88)(H2,94,95,96)/t70-,71+,72+,73+,74-,75?,82?,83+,84+/m0/s1. The summed E-state index contributed by atoms with van der Waals surface area (Å²) in [6.07, 6.45) is 46.2. The van der Waals surface area contributed by atoms with Gasteiger partial charge in [-0.25, -0.2) is 4.57 Å². The minimum atomic E-state index is -5.43. The van der Waals surface area contributed by atoms with Crippen molar-refractivity contribution in [3.8, 4) is 0 Å². The number of likely N-dealkylation sites (tertiary alicyclic amines) is 1. The van der Waals surface area contributed by atoms with Crippen molar-refractivity contribution >= 4 is 43.5 Å². The van der Waals surface area contributed by atoms with Gasteiger partial charge in [-0.05, 0) is 83.5 Å². The molecule has 2 amide bonds. The summed E-state index contributed by atoms with van der Waals surface area (Å²) in [7, 11) is -5.43. The zero-order valence-electron chi connectivity index (χ0n) is 66.8. The number of unbranched alkanes of at least 4 members (excludes halogenated alkanes) is 42. The van der Waals surface area contributed by atoms with E-state index in [0.29, 0.717) is 77.2 Å². The minimum absolute atomic E-state index is 0.0410. The number of nitrogens with zero attached hydrogens (tertiary/aromatic N) is 1. The zero-order valence-corrected chi connectivity index (χ0v) is 67.7. The van der Waals surface area contributed by atoms with Crippen LogP contribution in [-0.4, -0.2) is 123 Å². The number of rotatable bonds is 71. The predicted molar refractivity (Wildman–Crippen MR) is 415 cm³/mol. The van der Waals surface area contributed by atoms with Gasteiger partial charge in [0.2, 0.25) is 11.8 Å². The van der Waals surface area contributed by atoms with Crippen LogP contribution in [0.2, 0.25) is 0 Å². The molecule has 4 N–H and O–H groups in total. The average Bonchev–Trinajstić information content (AvgIpc) is 1.01. The van der Waals surface area contributed by atoms with Crippen LogP contribution in [0.15, 0.2) is 0 Å². The number of ether oxygens (including phenoxy) is 5. The fourth-order valence-electron chi connectivity index (χ4n) is 15.1. The molecule has 0 aromatic heterocycles. The minimum Gasteiger partial charge on any atom is -0.462 e. The summed E-state index contributed by atoms with van der Waals surface area (Å²) in [4.78, 5) is 108. The van der Waals surface area contributed by atoms with E-state index in [1.54, 1.807) is 0 Å². The van der Waals surface area contributed by atoms with E-state index in [1.165, 1.54) is 116 Å². The number of nitrogens with one attached hydrogen (secondary N) is 1. The molecule has 2 aliphatic rings. The molecular formula is C84H157N2O16P. The maximum atomic E-state index is 15.0. The highest BCUT2D eigenvalue weighted by molar-refractivity contribution is 7.46. The van der Waals surface area contributed by atoms with E-state index in [-0.39, 0.29) is 56.0 Å². The highest BCUT2D eigenvalue weighted by Gasteiger charge is 2.52. The highest BCUT2D eigenvalue weighted by Crippen LogP contribution is 2.43. The average molecular weight is 1480 g/mol. The molecule has 2 fully saturated rings. The van der Waals surface area contributed by atoms with Crippen LogP contribution in [-0.2, 0) is 61.5 Å². The third-order valence-corrected chi connectivity index (χ3v) is 21.8. The molecule has 0 saturated carbocycles. The quantitative estimate of drug-likeness (QED) is 0.0191. The fraction of sp³-hybridized carbons (Fsp3) is 0.929. The summed E-state index contributed by atoms with van der Waals surface area (Å²) >= 11 is 0. The number of hydrogen-bond acceptors (Lipinski definition) is 14. The first-order chi connectivity index (χ1) is 50.0. The summed E-state index contributed by atoms with van der Waals surface area (Å²) in [5, 5.41) is 14.2. The van der Waals surface area contributed by atoms with E-state index in [2.05, 4.69) is 46.9 Å². The predicted octanol–water partition coefficient (Wildman–Crippen LogP) is 21.5. The topological polar surface area (TPSA) is 251 Å². The van der Waals surface area contributed by atoms with E-state index >= 15 is 0 Å². The molecule has 604 valence electrons. The Labute approximate surface area is 628 Å². The van der Waals surface area contributed by atoms with Gasteiger partial charge in [-0.15, -0.1) is 0 Å². The van der Waals surface area contributed by atoms with Crippen molar-refractivity contribution < 1.29 is 76.4 Å². The van der Waals surface area contributed by atoms with Gasteiger partial charge in [0.15, 0.2) is 6.10 Å². The molecule has 0 aromatic carbocycles. The Kier molecular flexibility index (Phi) is 60.4. The second kappa shape index (κ2) is 64.8. The number of aliphatic hydroxyl groups excluding tert-OH is 1. The molecular weight excluding hydrogens is 1320 g/mol. The zero-order chi connectivity index (χ0) is 75.2. The first kappa shape index (κ1) is 95.9. The van der Waals surface area contributed by atoms with Crippen molar-refractivity contribution in [2.45, 2.75) is 488 Å². The molecule has 19 heteroatoms. The SMILES string of the molecule is CCCCCCCCCCC[C@H](CC(=O)NC1[C@H](CC[C@@H]2CCCN2C(=O)C[C@@H](CCCCCCCCCCC)OC(=O)CCCCCCCCC)OC(CO)[C@@H](OP(=O)(O)O)[C@@H]1OC(=O)C[C@@H](CCCCCCCCCCC)OC(=O)CCCCCCCCC)OC(=O)CCCCCCCCC. The first-order valence-corrected chi connectivity index (χ1v) is 44.9. The van der Waals surface area contributed by atoms with E-state index in [1.807, 2.05) is 4.90 Å². The Morgan fingerprint density at radius 3 is 1.10 bits per heavy atom. The van der Waals surface area contributed by atoms with Crippen molar-refractivity contribution in [3.63, 3.8) is 0 Å². The van der Waals surface area contributed by atoms with Gasteiger partial charge in [0.1, 0.15) is 30.5 Å². The lowest BCUT2D eigenvalue weighted by molar-refractivity contribution is -0.210. The maximum absolute atomic E-state index is 15.0. The molecule has 0 radical (unpaired) electrons. The van der Waals surface area contributed by atoms with Gasteiger partial charge in [0.05, 0.1) is 38.0 Å². The number of esters is 4. The van der Waals surface area contributed by atoms with E-state index in [0.717, 1.165) is 167 Å². The fourth-order valence-corrected chi connectivity index (χ4v) is 15.6. The number of phosphoric acid groups is 1. The van der Waals surface area contributed by atoms with Crippen molar-refractivity contribution in [1.82, 2.24) is 10.2 Å². The van der Waals surface area contributed by atoms with Crippen LogP contribution in [0.1, 0.15) is 433 Å². The molecule has 9 atom stereocenters. The second-order valence-corrected chi connectivity index (χ2v) is 32.1. The molecule has 0 bridgehead atoms. The molecule has 2 aliphatic heterocycles. The lowest BCUT2D eigenvalue weighted by atomic mass is 9.88. The molecule has 0 aromatic rings. The van der Waals surface area contributed by atoms with Gasteiger partial charge in [0.25, 0.3) is 0 Å². The van der Waals surface area contributed by atoms with Crippen molar-refractivity contribution in [2.75, 3.05) is 13.2 Å². The summed E-state index contributed by atoms with van der Waals surface area (Å²) in [6.45, 7) is 12.9. The van der Waals surface area contributed by atoms with Crippen LogP contribution in [0.4, 0.5) is 0 Å². The van der Waals surface area contributed by atoms with E-state index in [9.17, 15) is 48.2 Å². The van der Waals surface area contributed by atoms with E-state index in [4.69, 9.17) is 28.2 Å². The lowest BCUT2D eigenvalue weighted by Crippen LogP contribution is -2.66. The smallest absolute Gasteiger partial charge is 0.462 e. The summed E-state index contributed by atoms with van der Waals surface area (Å²) < 4.78 is 50.0. The third-order valence-electron chi connectivity index (χ3n) is 21.3. The number of phosphoric ester groups is 1. The third kappa shape index (κ3) is 51.0. The van der Waals surface area contributed by atoms with Crippen LogP contribution in [0.3, 0.4) is 0 Å². The van der Waals surface area contributed by atoms with Gasteiger partial charge in [-0.3, -0.25) is 33.3 Å². The normalized spacial score (nSPS) is 18.6. The summed E-state index contributed by atoms with van der Waals surface area (Å²) in [5.74, 6) is -2.65. The maximum Gasteiger partial charge on any atom is 0.470 e. The first-order valence-electron chi connectivity index (χ1n) is 43.4. The van der Waals surface area contributed by atoms with Crippen LogP contribution in [0, 0.1) is 0 Å². The Balaban J connectivity index is 2.62. The van der Waals surface area contributed by atoms with Crippen LogP contribution in [0.5, 0.6) is 0 Å². The molecule has 2 rings (SSSR count). The molecule has 103 heavy (non-hydrogen) atoms. The van der Waals surface area contributed by atoms with Crippen molar-refractivity contribution in [3.05, 3.63) is 0 Å². The van der Waals surface area contributed by atoms with Gasteiger partial charge < -0.3 is 48.8 Å². The summed E-state index contributed by atoms with van der Waals surface area (Å²) in [5.41, 5.74) is 0. The highest BCUT2D eigenvalue weighted by atomic mass is 31.2. The Hall–Kier alpha value is -3.15. The van der Waals surface area contributed by atoms with Crippen LogP contribution < -0.4 is 5.32 Å². The largest absolute Gasteiger partial charge is 0.470 e. The molecule has 2 heterocycles. The van der Waals surface area contributed by atoms with Gasteiger partial charge in [-0.2, -0.15) is 0 Å². The molecule has 2 unspecified atom stereocenters. The number of aliphatic hydroxyl groups is 1. The number of carbonyl (C=O) groups excluding carboxylic acids is 6. The molecule has 2 saturated heterocycles. The molecule has 0 aliphatic carbocycles. The van der Waals surface area contributed by atoms with Crippen LogP contribution in [0.25, 0.3) is 0 Å². The Morgan fingerprint density at radius 1 is 0.417 bits per heavy atom. The second-order valence-electron chi connectivity index (χ2n) is 30.9. The van der Waals surface area contributed by atoms with Gasteiger partial charge in [0, 0.05) is 31.8 Å². The lowest BCUT2D eigenvalue weighted by Gasteiger charge is -2.46. The van der Waals surface area contributed by atoms with Crippen molar-refractivity contribution in [2.24, 2.45) is 0 Å². The Morgan fingerprint density at radius 2 is 0.748 bits per heavy atom. The number of amides is 2. The van der Waals surface area contributed by atoms with Gasteiger partial charge >= 0.3 is 31.7 Å². The van der Waals surface area contributed by atoms with Gasteiger partial charge in [-0.1, -0.05) is 311 Å². The number of hydrogen-bond donors (Lipinski definition) is 4. The molecule has 0 spiro atoms. The number of carbonyl (C=O) groups is 6. The van der Waals surface area contributed by atoms with Crippen molar-refractivity contribution in [1.29, 1.82) is 0 Å². The van der Waals surface area contributed by atoms with Crippen LogP contribution >= 0.6 is 7.82 Å². The monoisotopic (exact) mass is 1480 g/mol. The summed E-state index contributed by atoms with van der Waals surface area (Å²) in [6, 6.07) is -1.65.